The van der Waals surface area contributed by atoms with E-state index in [-0.39, 0.29) is 30.3 Å². The number of H-pyrrole nitrogens is 1. The number of aryl methyl sites for hydroxylation is 1. The van der Waals surface area contributed by atoms with Gasteiger partial charge in [0.25, 0.3) is 0 Å². The van der Waals surface area contributed by atoms with Crippen molar-refractivity contribution < 1.29 is 14.3 Å². The maximum atomic E-state index is 12.6. The van der Waals surface area contributed by atoms with Crippen molar-refractivity contribution in [2.75, 3.05) is 17.7 Å². The number of carbonyl (C=O) groups excluding carboxylic acids is 1. The van der Waals surface area contributed by atoms with E-state index in [0.717, 1.165) is 48.1 Å². The molecule has 5 rings (SSSR count). The topological polar surface area (TPSA) is 117 Å². The molecule has 3 atom stereocenters. The van der Waals surface area contributed by atoms with E-state index in [9.17, 15) is 4.79 Å². The van der Waals surface area contributed by atoms with Crippen LogP contribution in [-0.2, 0) is 4.74 Å². The lowest BCUT2D eigenvalue weighted by atomic mass is 9.97. The maximum Gasteiger partial charge on any atom is 0.410 e. The molecule has 5 heterocycles. The zero-order valence-electron chi connectivity index (χ0n) is 20.0. The van der Waals surface area contributed by atoms with Crippen LogP contribution in [0, 0.1) is 6.92 Å². The molecule has 3 N–H and O–H groups in total. The number of ether oxygens (including phenoxy) is 2. The van der Waals surface area contributed by atoms with Gasteiger partial charge in [0.15, 0.2) is 5.82 Å². The van der Waals surface area contributed by atoms with Crippen molar-refractivity contribution >= 4 is 34.4 Å². The monoisotopic (exact) mass is 465 g/mol. The molecule has 0 aliphatic carbocycles. The number of aromatic amines is 1. The molecule has 34 heavy (non-hydrogen) atoms. The molecule has 2 fully saturated rings. The highest BCUT2D eigenvalue weighted by molar-refractivity contribution is 5.92. The van der Waals surface area contributed by atoms with Gasteiger partial charge in [-0.25, -0.2) is 9.78 Å². The Morgan fingerprint density at radius 1 is 1.18 bits per heavy atom. The lowest BCUT2D eigenvalue weighted by molar-refractivity contribution is 0.0483. The Kier molecular flexibility index (Phi) is 5.89. The summed E-state index contributed by atoms with van der Waals surface area (Å²) >= 11 is 0. The second-order valence-electron chi connectivity index (χ2n) is 9.40. The van der Waals surface area contributed by atoms with E-state index in [0.29, 0.717) is 17.4 Å². The molecule has 180 valence electrons. The van der Waals surface area contributed by atoms with Crippen LogP contribution < -0.4 is 15.4 Å². The summed E-state index contributed by atoms with van der Waals surface area (Å²) in [5, 5.41) is 15.0. The number of hydrogen-bond donors (Lipinski definition) is 3. The van der Waals surface area contributed by atoms with Crippen molar-refractivity contribution in [3.8, 4) is 5.75 Å². The van der Waals surface area contributed by atoms with Crippen LogP contribution in [0.25, 0.3) is 10.9 Å². The molecule has 0 saturated carbocycles. The van der Waals surface area contributed by atoms with Gasteiger partial charge in [0.05, 0.1) is 24.9 Å². The van der Waals surface area contributed by atoms with Gasteiger partial charge in [-0.1, -0.05) is 0 Å². The fourth-order valence-corrected chi connectivity index (χ4v) is 5.05. The number of pyridine rings is 2. The van der Waals surface area contributed by atoms with Crippen molar-refractivity contribution in [2.45, 2.75) is 70.7 Å². The maximum absolute atomic E-state index is 12.6. The minimum atomic E-state index is -0.195. The van der Waals surface area contributed by atoms with Gasteiger partial charge < -0.3 is 25.0 Å². The third-order valence-corrected chi connectivity index (χ3v) is 6.47. The van der Waals surface area contributed by atoms with Gasteiger partial charge in [0, 0.05) is 41.3 Å². The lowest BCUT2D eigenvalue weighted by Gasteiger charge is -2.39. The van der Waals surface area contributed by atoms with Crippen LogP contribution >= 0.6 is 0 Å². The number of nitrogens with one attached hydrogen (secondary N) is 3. The zero-order chi connectivity index (χ0) is 23.8. The van der Waals surface area contributed by atoms with Crippen LogP contribution in [0.2, 0.25) is 0 Å². The average Bonchev–Trinajstić information content (AvgIpc) is 3.32. The summed E-state index contributed by atoms with van der Waals surface area (Å²) in [6, 6.07) is 6.31. The molecule has 0 aromatic carbocycles. The Bertz CT molecular complexity index is 1180. The summed E-state index contributed by atoms with van der Waals surface area (Å²) in [7, 11) is 1.63. The summed E-state index contributed by atoms with van der Waals surface area (Å²) in [6.45, 7) is 5.72. The molecule has 0 radical (unpaired) electrons. The van der Waals surface area contributed by atoms with Gasteiger partial charge in [0.1, 0.15) is 17.4 Å². The number of hydrogen-bond acceptors (Lipinski definition) is 8. The Labute approximate surface area is 198 Å². The fourth-order valence-electron chi connectivity index (χ4n) is 5.05. The van der Waals surface area contributed by atoms with Gasteiger partial charge in [-0.05, 0) is 52.5 Å². The summed E-state index contributed by atoms with van der Waals surface area (Å²) in [4.78, 5) is 24.0. The number of rotatable bonds is 6. The third kappa shape index (κ3) is 4.44. The van der Waals surface area contributed by atoms with E-state index in [2.05, 4.69) is 25.8 Å². The average molecular weight is 466 g/mol. The molecule has 3 aromatic rings. The summed E-state index contributed by atoms with van der Waals surface area (Å²) in [6.07, 6.45) is 5.09. The van der Waals surface area contributed by atoms with Crippen LogP contribution in [-0.4, -0.2) is 62.5 Å². The molecule has 2 aliphatic heterocycles. The molecule has 2 bridgehead atoms. The Balaban J connectivity index is 1.41. The third-order valence-electron chi connectivity index (χ3n) is 6.47. The SMILES string of the molecule is COc1cnc2cc(Nc3cc(C)[nH]n3)nc(NC3C[C@H]4CC[C@@H](C3)N4C(=O)OC(C)C)c2c1. The Morgan fingerprint density at radius 2 is 1.94 bits per heavy atom. The van der Waals surface area contributed by atoms with Crippen molar-refractivity contribution in [3.05, 3.63) is 30.1 Å². The van der Waals surface area contributed by atoms with Crippen LogP contribution in [0.4, 0.5) is 22.2 Å². The fraction of sp³-hybridized carbons (Fsp3) is 0.500. The van der Waals surface area contributed by atoms with Gasteiger partial charge in [-0.3, -0.25) is 10.1 Å². The number of anilines is 3. The summed E-state index contributed by atoms with van der Waals surface area (Å²) in [5.74, 6) is 2.76. The van der Waals surface area contributed by atoms with E-state index in [1.807, 2.05) is 43.9 Å². The molecular weight excluding hydrogens is 434 g/mol. The molecule has 10 nitrogen and oxygen atoms in total. The minimum absolute atomic E-state index is 0.116. The normalized spacial score (nSPS) is 21.7. The van der Waals surface area contributed by atoms with E-state index >= 15 is 0 Å². The molecular formula is C24H31N7O3. The molecule has 2 saturated heterocycles. The predicted octanol–water partition coefficient (Wildman–Crippen LogP) is 4.37. The molecule has 10 heteroatoms. The first-order chi connectivity index (χ1) is 16.4. The van der Waals surface area contributed by atoms with Crippen LogP contribution in [0.3, 0.4) is 0 Å². The number of carbonyl (C=O) groups is 1. The van der Waals surface area contributed by atoms with Gasteiger partial charge in [-0.2, -0.15) is 5.10 Å². The number of aromatic nitrogens is 4. The molecule has 2 aliphatic rings. The molecule has 1 unspecified atom stereocenters. The van der Waals surface area contributed by atoms with E-state index in [4.69, 9.17) is 14.5 Å². The predicted molar refractivity (Wildman–Crippen MR) is 130 cm³/mol. The van der Waals surface area contributed by atoms with Gasteiger partial charge >= 0.3 is 6.09 Å². The second-order valence-corrected chi connectivity index (χ2v) is 9.40. The highest BCUT2D eigenvalue weighted by atomic mass is 16.6. The smallest absolute Gasteiger partial charge is 0.410 e. The quantitative estimate of drug-likeness (QED) is 0.491. The van der Waals surface area contributed by atoms with Crippen LogP contribution in [0.5, 0.6) is 5.75 Å². The van der Waals surface area contributed by atoms with E-state index in [1.165, 1.54) is 0 Å². The first kappa shape index (κ1) is 22.2. The standard InChI is InChI=1S/C24H31N7O3/c1-13(2)34-24(32)31-16-5-6-17(31)9-15(8-16)26-23-19-10-18(33-4)12-25-20(19)11-21(28-23)27-22-7-14(3)29-30-22/h7,10-13,15-17H,5-6,8-9H2,1-4H3,(H3,26,27,28,29,30)/t15?,16-,17+. The lowest BCUT2D eigenvalue weighted by Crippen LogP contribution is -2.50. The first-order valence-electron chi connectivity index (χ1n) is 11.8. The molecule has 0 spiro atoms. The number of fused-ring (bicyclic) bond motifs is 3. The Hall–Kier alpha value is -3.56. The number of amides is 1. The number of nitrogens with zero attached hydrogens (tertiary/aromatic N) is 4. The van der Waals surface area contributed by atoms with E-state index < -0.39 is 0 Å². The summed E-state index contributed by atoms with van der Waals surface area (Å²) in [5.41, 5.74) is 1.76. The number of methoxy groups -OCH3 is 1. The van der Waals surface area contributed by atoms with Crippen molar-refractivity contribution in [2.24, 2.45) is 0 Å². The van der Waals surface area contributed by atoms with Crippen molar-refractivity contribution in [1.29, 1.82) is 0 Å². The molecule has 3 aromatic heterocycles. The summed E-state index contributed by atoms with van der Waals surface area (Å²) < 4.78 is 10.9. The molecule has 1 amide bonds. The van der Waals surface area contributed by atoms with Crippen LogP contribution in [0.15, 0.2) is 24.4 Å². The largest absolute Gasteiger partial charge is 0.495 e. The van der Waals surface area contributed by atoms with Crippen molar-refractivity contribution in [1.82, 2.24) is 25.1 Å². The highest BCUT2D eigenvalue weighted by Crippen LogP contribution is 2.38. The van der Waals surface area contributed by atoms with Crippen LogP contribution in [0.1, 0.15) is 45.2 Å². The number of piperidine rings is 1. The van der Waals surface area contributed by atoms with Gasteiger partial charge in [0.2, 0.25) is 0 Å². The second kappa shape index (κ2) is 9.00. The van der Waals surface area contributed by atoms with Gasteiger partial charge in [-0.15, -0.1) is 0 Å². The Morgan fingerprint density at radius 3 is 2.59 bits per heavy atom. The first-order valence-corrected chi connectivity index (χ1v) is 11.8. The zero-order valence-corrected chi connectivity index (χ0v) is 20.0. The minimum Gasteiger partial charge on any atom is -0.495 e. The highest BCUT2D eigenvalue weighted by Gasteiger charge is 2.44. The van der Waals surface area contributed by atoms with E-state index in [1.54, 1.807) is 13.3 Å². The van der Waals surface area contributed by atoms with Crippen molar-refractivity contribution in [3.63, 3.8) is 0 Å².